The average molecular weight is 286 g/mol. The molecule has 0 aromatic heterocycles. The van der Waals surface area contributed by atoms with E-state index in [-0.39, 0.29) is 18.2 Å². The van der Waals surface area contributed by atoms with Gasteiger partial charge in [0.15, 0.2) is 0 Å². The topological polar surface area (TPSA) is 84.6 Å². The number of hydrogen-bond donors (Lipinski definition) is 3. The fourth-order valence-corrected chi connectivity index (χ4v) is 1.95. The first-order chi connectivity index (χ1) is 10.1. The largest absolute Gasteiger partial charge is 0.508 e. The predicted molar refractivity (Wildman–Crippen MR) is 81.3 cm³/mol. The second kappa shape index (κ2) is 6.65. The molecule has 4 N–H and O–H groups in total. The van der Waals surface area contributed by atoms with Crippen molar-refractivity contribution in [3.05, 3.63) is 53.6 Å². The lowest BCUT2D eigenvalue weighted by molar-refractivity contribution is 0.0947. The number of carbonyl (C=O) groups is 1. The Kier molecular flexibility index (Phi) is 4.66. The quantitative estimate of drug-likeness (QED) is 0.581. The van der Waals surface area contributed by atoms with Gasteiger partial charge >= 0.3 is 0 Å². The fraction of sp³-hybridized carbons (Fsp3) is 0.188. The van der Waals surface area contributed by atoms with Crippen molar-refractivity contribution < 1.29 is 14.6 Å². The minimum absolute atomic E-state index is 0.0996. The Bertz CT molecular complexity index is 641. The van der Waals surface area contributed by atoms with Crippen molar-refractivity contribution in [1.82, 2.24) is 5.32 Å². The molecule has 0 saturated heterocycles. The van der Waals surface area contributed by atoms with Gasteiger partial charge in [-0.15, -0.1) is 0 Å². The zero-order chi connectivity index (χ0) is 15.2. The lowest BCUT2D eigenvalue weighted by atomic mass is 10.1. The molecule has 0 fully saturated rings. The van der Waals surface area contributed by atoms with Gasteiger partial charge < -0.3 is 20.9 Å². The third kappa shape index (κ3) is 3.66. The molecule has 0 aliphatic rings. The molecular weight excluding hydrogens is 268 g/mol. The molecule has 0 aliphatic heterocycles. The number of phenols is 1. The molecule has 0 aliphatic carbocycles. The average Bonchev–Trinajstić information content (AvgIpc) is 2.49. The maximum atomic E-state index is 12.2. The van der Waals surface area contributed by atoms with Crippen LogP contribution in [-0.4, -0.2) is 17.6 Å². The number of para-hydroxylation sites is 1. The molecule has 5 heteroatoms. The molecule has 2 rings (SSSR count). The number of benzene rings is 2. The second-order valence-electron chi connectivity index (χ2n) is 4.50. The van der Waals surface area contributed by atoms with E-state index in [1.54, 1.807) is 30.3 Å². The molecule has 0 unspecified atom stereocenters. The van der Waals surface area contributed by atoms with Crippen molar-refractivity contribution in [3.8, 4) is 11.5 Å². The Labute approximate surface area is 123 Å². The van der Waals surface area contributed by atoms with Crippen molar-refractivity contribution >= 4 is 11.6 Å². The van der Waals surface area contributed by atoms with E-state index in [1.807, 2.05) is 13.0 Å². The van der Waals surface area contributed by atoms with E-state index in [9.17, 15) is 9.90 Å². The Morgan fingerprint density at radius 3 is 2.81 bits per heavy atom. The first kappa shape index (κ1) is 14.7. The normalized spacial score (nSPS) is 10.1. The highest BCUT2D eigenvalue weighted by Crippen LogP contribution is 2.21. The third-order valence-corrected chi connectivity index (χ3v) is 2.97. The van der Waals surface area contributed by atoms with Gasteiger partial charge in [-0.3, -0.25) is 4.79 Å². The Hall–Kier alpha value is -2.69. The van der Waals surface area contributed by atoms with Crippen LogP contribution in [0.25, 0.3) is 0 Å². The van der Waals surface area contributed by atoms with Gasteiger partial charge in [-0.1, -0.05) is 12.1 Å². The molecule has 0 spiro atoms. The summed E-state index contributed by atoms with van der Waals surface area (Å²) in [6.45, 7) is 2.54. The van der Waals surface area contributed by atoms with Crippen LogP contribution in [0.4, 0.5) is 5.69 Å². The summed E-state index contributed by atoms with van der Waals surface area (Å²) >= 11 is 0. The molecule has 0 radical (unpaired) electrons. The summed E-state index contributed by atoms with van der Waals surface area (Å²) < 4.78 is 5.42. The monoisotopic (exact) mass is 286 g/mol. The predicted octanol–water partition coefficient (Wildman–Crippen LogP) is 2.30. The van der Waals surface area contributed by atoms with Gasteiger partial charge in [-0.25, -0.2) is 0 Å². The van der Waals surface area contributed by atoms with E-state index in [0.717, 1.165) is 0 Å². The minimum atomic E-state index is -0.263. The summed E-state index contributed by atoms with van der Waals surface area (Å²) in [5, 5.41) is 12.5. The maximum absolute atomic E-state index is 12.2. The number of nitrogen functional groups attached to an aromatic ring is 1. The first-order valence-electron chi connectivity index (χ1n) is 6.69. The highest BCUT2D eigenvalue weighted by molar-refractivity contribution is 5.96. The van der Waals surface area contributed by atoms with Crippen LogP contribution in [0, 0.1) is 0 Å². The van der Waals surface area contributed by atoms with Crippen molar-refractivity contribution in [2.24, 2.45) is 0 Å². The van der Waals surface area contributed by atoms with Crippen LogP contribution in [0.1, 0.15) is 22.8 Å². The van der Waals surface area contributed by atoms with E-state index in [1.165, 1.54) is 6.07 Å². The molecule has 2 aromatic carbocycles. The number of amides is 1. The van der Waals surface area contributed by atoms with Crippen molar-refractivity contribution in [1.29, 1.82) is 0 Å². The van der Waals surface area contributed by atoms with Crippen LogP contribution in [-0.2, 0) is 6.54 Å². The molecule has 0 atom stereocenters. The van der Waals surface area contributed by atoms with Gasteiger partial charge in [0.1, 0.15) is 11.5 Å². The number of phenolic OH excluding ortho intramolecular Hbond substituents is 1. The lowest BCUT2D eigenvalue weighted by Crippen LogP contribution is -2.23. The highest BCUT2D eigenvalue weighted by atomic mass is 16.5. The standard InChI is InChI=1S/C16H18N2O3/c1-2-21-15-6-4-3-5-13(15)16(20)18-10-11-9-12(17)7-8-14(11)19/h3-9,19H,2,10,17H2,1H3,(H,18,20). The van der Waals surface area contributed by atoms with Crippen LogP contribution in [0.15, 0.2) is 42.5 Å². The van der Waals surface area contributed by atoms with Gasteiger partial charge in [-0.2, -0.15) is 0 Å². The molecule has 110 valence electrons. The number of carbonyl (C=O) groups excluding carboxylic acids is 1. The molecule has 2 aromatic rings. The molecule has 0 heterocycles. The number of hydrogen-bond acceptors (Lipinski definition) is 4. The lowest BCUT2D eigenvalue weighted by Gasteiger charge is -2.11. The number of aromatic hydroxyl groups is 1. The van der Waals surface area contributed by atoms with E-state index >= 15 is 0 Å². The zero-order valence-corrected chi connectivity index (χ0v) is 11.8. The smallest absolute Gasteiger partial charge is 0.255 e. The Morgan fingerprint density at radius 1 is 1.29 bits per heavy atom. The van der Waals surface area contributed by atoms with Gasteiger partial charge in [0.25, 0.3) is 5.91 Å². The van der Waals surface area contributed by atoms with Crippen LogP contribution >= 0.6 is 0 Å². The van der Waals surface area contributed by atoms with E-state index < -0.39 is 0 Å². The summed E-state index contributed by atoms with van der Waals surface area (Å²) in [5.41, 5.74) is 7.23. The van der Waals surface area contributed by atoms with Crippen LogP contribution < -0.4 is 15.8 Å². The molecule has 0 saturated carbocycles. The maximum Gasteiger partial charge on any atom is 0.255 e. The minimum Gasteiger partial charge on any atom is -0.508 e. The molecule has 1 amide bonds. The Balaban J connectivity index is 2.10. The molecule has 5 nitrogen and oxygen atoms in total. The number of anilines is 1. The Morgan fingerprint density at radius 2 is 2.05 bits per heavy atom. The molecular formula is C16H18N2O3. The summed E-state index contributed by atoms with van der Waals surface area (Å²) in [4.78, 5) is 12.2. The highest BCUT2D eigenvalue weighted by Gasteiger charge is 2.12. The van der Waals surface area contributed by atoms with Gasteiger partial charge in [0.2, 0.25) is 0 Å². The van der Waals surface area contributed by atoms with Gasteiger partial charge in [0.05, 0.1) is 12.2 Å². The first-order valence-corrected chi connectivity index (χ1v) is 6.69. The number of rotatable bonds is 5. The van der Waals surface area contributed by atoms with Crippen molar-refractivity contribution in [2.45, 2.75) is 13.5 Å². The SMILES string of the molecule is CCOc1ccccc1C(=O)NCc1cc(N)ccc1O. The number of ether oxygens (including phenoxy) is 1. The molecule has 0 bridgehead atoms. The molecule has 21 heavy (non-hydrogen) atoms. The summed E-state index contributed by atoms with van der Waals surface area (Å²) in [7, 11) is 0. The third-order valence-electron chi connectivity index (χ3n) is 2.97. The van der Waals surface area contributed by atoms with Gasteiger partial charge in [-0.05, 0) is 37.3 Å². The van der Waals surface area contributed by atoms with Crippen molar-refractivity contribution in [2.75, 3.05) is 12.3 Å². The summed E-state index contributed by atoms with van der Waals surface area (Å²) in [6.07, 6.45) is 0. The van der Waals surface area contributed by atoms with E-state index in [0.29, 0.717) is 29.2 Å². The van der Waals surface area contributed by atoms with Gasteiger partial charge in [0, 0.05) is 17.8 Å². The number of nitrogens with one attached hydrogen (secondary N) is 1. The summed E-state index contributed by atoms with van der Waals surface area (Å²) in [6, 6.07) is 11.8. The number of nitrogens with two attached hydrogens (primary N) is 1. The zero-order valence-electron chi connectivity index (χ0n) is 11.8. The summed E-state index contributed by atoms with van der Waals surface area (Å²) in [5.74, 6) is 0.373. The van der Waals surface area contributed by atoms with E-state index in [2.05, 4.69) is 5.32 Å². The van der Waals surface area contributed by atoms with Crippen LogP contribution in [0.3, 0.4) is 0 Å². The van der Waals surface area contributed by atoms with Crippen LogP contribution in [0.2, 0.25) is 0 Å². The van der Waals surface area contributed by atoms with Crippen LogP contribution in [0.5, 0.6) is 11.5 Å². The second-order valence-corrected chi connectivity index (χ2v) is 4.50. The fourth-order valence-electron chi connectivity index (χ4n) is 1.95. The van der Waals surface area contributed by atoms with Crippen molar-refractivity contribution in [3.63, 3.8) is 0 Å². The van der Waals surface area contributed by atoms with E-state index in [4.69, 9.17) is 10.5 Å².